The maximum Gasteiger partial charge on any atom is 0.271 e. The predicted molar refractivity (Wildman–Crippen MR) is 90.5 cm³/mol. The number of nitrogens with zero attached hydrogens (tertiary/aromatic N) is 5. The zero-order valence-corrected chi connectivity index (χ0v) is 13.7. The van der Waals surface area contributed by atoms with Crippen LogP contribution < -0.4 is 10.9 Å². The van der Waals surface area contributed by atoms with E-state index in [9.17, 15) is 9.59 Å². The van der Waals surface area contributed by atoms with Crippen LogP contribution in [0, 0.1) is 6.92 Å². The minimum Gasteiger partial charge on any atom is -0.320 e. The zero-order valence-electron chi connectivity index (χ0n) is 12.8. The van der Waals surface area contributed by atoms with E-state index in [4.69, 9.17) is 0 Å². The molecule has 4 aromatic heterocycles. The molecule has 0 aromatic carbocycles. The first-order chi connectivity index (χ1) is 11.5. The van der Waals surface area contributed by atoms with Gasteiger partial charge in [-0.15, -0.1) is 11.3 Å². The number of amides is 1. The van der Waals surface area contributed by atoms with Gasteiger partial charge in [0.2, 0.25) is 0 Å². The molecule has 0 atom stereocenters. The van der Waals surface area contributed by atoms with Crippen LogP contribution >= 0.6 is 11.3 Å². The topological polar surface area (TPSA) is 94.2 Å². The highest BCUT2D eigenvalue weighted by Gasteiger charge is 2.15. The maximum atomic E-state index is 12.4. The van der Waals surface area contributed by atoms with Crippen molar-refractivity contribution in [3.05, 3.63) is 51.6 Å². The van der Waals surface area contributed by atoms with Gasteiger partial charge in [-0.2, -0.15) is 5.10 Å². The van der Waals surface area contributed by atoms with E-state index < -0.39 is 11.5 Å². The number of thiazole rings is 1. The van der Waals surface area contributed by atoms with E-state index in [1.54, 1.807) is 22.3 Å². The van der Waals surface area contributed by atoms with Crippen molar-refractivity contribution in [3.63, 3.8) is 0 Å². The van der Waals surface area contributed by atoms with Gasteiger partial charge in [0.1, 0.15) is 5.56 Å². The molecule has 0 saturated carbocycles. The fraction of sp³-hybridized carbons (Fsp3) is 0.133. The van der Waals surface area contributed by atoms with Gasteiger partial charge in [-0.1, -0.05) is 0 Å². The van der Waals surface area contributed by atoms with E-state index in [1.165, 1.54) is 28.1 Å². The lowest BCUT2D eigenvalue weighted by atomic mass is 10.2. The number of carbonyl (C=O) groups is 1. The molecule has 0 radical (unpaired) electrons. The average Bonchev–Trinajstić information content (AvgIpc) is 3.13. The molecule has 4 aromatic rings. The van der Waals surface area contributed by atoms with Crippen molar-refractivity contribution >= 4 is 38.9 Å². The van der Waals surface area contributed by atoms with Crippen molar-refractivity contribution in [2.24, 2.45) is 7.05 Å². The quantitative estimate of drug-likeness (QED) is 0.598. The second kappa shape index (κ2) is 5.24. The molecule has 24 heavy (non-hydrogen) atoms. The number of fused-ring (bicyclic) bond motifs is 2. The van der Waals surface area contributed by atoms with E-state index in [0.717, 1.165) is 16.7 Å². The Bertz CT molecular complexity index is 1160. The van der Waals surface area contributed by atoms with Crippen molar-refractivity contribution < 1.29 is 4.79 Å². The minimum absolute atomic E-state index is 0.0195. The fourth-order valence-electron chi connectivity index (χ4n) is 2.56. The first kappa shape index (κ1) is 14.5. The lowest BCUT2D eigenvalue weighted by Gasteiger charge is -2.05. The van der Waals surface area contributed by atoms with Gasteiger partial charge >= 0.3 is 0 Å². The summed E-state index contributed by atoms with van der Waals surface area (Å²) >= 11 is 1.33. The second-order valence-electron chi connectivity index (χ2n) is 5.29. The molecule has 0 bridgehead atoms. The van der Waals surface area contributed by atoms with Crippen LogP contribution in [-0.4, -0.2) is 30.1 Å². The molecule has 0 fully saturated rings. The number of aryl methyl sites for hydroxylation is 2. The van der Waals surface area contributed by atoms with Crippen LogP contribution in [0.15, 0.2) is 34.8 Å². The Labute approximate surface area is 139 Å². The molecular formula is C15H12N6O2S. The molecule has 4 heterocycles. The molecule has 0 saturated heterocycles. The largest absolute Gasteiger partial charge is 0.320 e. The summed E-state index contributed by atoms with van der Waals surface area (Å²) in [7, 11) is 1.81. The number of hydrogen-bond acceptors (Lipinski definition) is 6. The summed E-state index contributed by atoms with van der Waals surface area (Å²) in [6.07, 6.45) is 4.43. The zero-order chi connectivity index (χ0) is 16.8. The van der Waals surface area contributed by atoms with Gasteiger partial charge in [0.25, 0.3) is 11.5 Å². The molecular weight excluding hydrogens is 328 g/mol. The van der Waals surface area contributed by atoms with Crippen molar-refractivity contribution in [2.75, 3.05) is 5.32 Å². The number of anilines is 1. The SMILES string of the molecule is Cc1nn(C)c2ncc(NC(=O)c3cnc4sccn4c3=O)cc12. The number of pyridine rings is 1. The Morgan fingerprint density at radius 1 is 1.29 bits per heavy atom. The van der Waals surface area contributed by atoms with E-state index in [0.29, 0.717) is 10.6 Å². The summed E-state index contributed by atoms with van der Waals surface area (Å²) in [4.78, 5) is 33.7. The van der Waals surface area contributed by atoms with E-state index >= 15 is 0 Å². The summed E-state index contributed by atoms with van der Waals surface area (Å²) in [6.45, 7) is 1.87. The summed E-state index contributed by atoms with van der Waals surface area (Å²) in [5, 5.41) is 9.58. The molecule has 0 spiro atoms. The third-order valence-electron chi connectivity index (χ3n) is 3.71. The minimum atomic E-state index is -0.518. The van der Waals surface area contributed by atoms with Gasteiger partial charge < -0.3 is 5.32 Å². The second-order valence-corrected chi connectivity index (χ2v) is 6.16. The summed E-state index contributed by atoms with van der Waals surface area (Å²) in [5.74, 6) is -0.518. The Morgan fingerprint density at radius 3 is 2.96 bits per heavy atom. The lowest BCUT2D eigenvalue weighted by Crippen LogP contribution is -2.25. The highest BCUT2D eigenvalue weighted by atomic mass is 32.1. The highest BCUT2D eigenvalue weighted by Crippen LogP contribution is 2.19. The van der Waals surface area contributed by atoms with Crippen molar-refractivity contribution in [1.82, 2.24) is 24.1 Å². The summed E-state index contributed by atoms with van der Waals surface area (Å²) in [5.41, 5.74) is 1.63. The smallest absolute Gasteiger partial charge is 0.271 e. The van der Waals surface area contributed by atoms with Crippen LogP contribution in [0.5, 0.6) is 0 Å². The van der Waals surface area contributed by atoms with Crippen LogP contribution in [0.3, 0.4) is 0 Å². The maximum absolute atomic E-state index is 12.4. The molecule has 1 N–H and O–H groups in total. The monoisotopic (exact) mass is 340 g/mol. The molecule has 0 aliphatic carbocycles. The normalized spacial score (nSPS) is 11.2. The molecule has 120 valence electrons. The van der Waals surface area contributed by atoms with Gasteiger partial charge in [-0.05, 0) is 13.0 Å². The molecule has 0 unspecified atom stereocenters. The molecule has 8 nitrogen and oxygen atoms in total. The van der Waals surface area contributed by atoms with Crippen LogP contribution in [0.4, 0.5) is 5.69 Å². The highest BCUT2D eigenvalue weighted by molar-refractivity contribution is 7.15. The molecule has 9 heteroatoms. The standard InChI is InChI=1S/C15H12N6O2S/c1-8-10-5-9(6-16-12(10)20(2)19-8)18-13(22)11-7-17-15-21(14(11)23)3-4-24-15/h3-7H,1-2H3,(H,18,22). The molecule has 0 aliphatic heterocycles. The van der Waals surface area contributed by atoms with Gasteiger partial charge in [0.15, 0.2) is 10.6 Å². The lowest BCUT2D eigenvalue weighted by molar-refractivity contribution is 0.102. The van der Waals surface area contributed by atoms with Gasteiger partial charge in [0, 0.05) is 30.2 Å². The van der Waals surface area contributed by atoms with Crippen molar-refractivity contribution in [3.8, 4) is 0 Å². The fourth-order valence-corrected chi connectivity index (χ4v) is 3.23. The third-order valence-corrected chi connectivity index (χ3v) is 4.48. The van der Waals surface area contributed by atoms with Crippen LogP contribution in [0.25, 0.3) is 16.0 Å². The van der Waals surface area contributed by atoms with Crippen LogP contribution in [0.1, 0.15) is 16.1 Å². The Kier molecular flexibility index (Phi) is 3.17. The average molecular weight is 340 g/mol. The van der Waals surface area contributed by atoms with Crippen LogP contribution in [0.2, 0.25) is 0 Å². The first-order valence-corrected chi connectivity index (χ1v) is 7.98. The van der Waals surface area contributed by atoms with Crippen LogP contribution in [-0.2, 0) is 7.05 Å². The van der Waals surface area contributed by atoms with Crippen molar-refractivity contribution in [1.29, 1.82) is 0 Å². The Hall–Kier alpha value is -3.07. The number of aromatic nitrogens is 5. The van der Waals surface area contributed by atoms with Gasteiger partial charge in [0.05, 0.1) is 17.6 Å². The molecule has 4 rings (SSSR count). The van der Waals surface area contributed by atoms with Gasteiger partial charge in [-0.25, -0.2) is 9.97 Å². The number of rotatable bonds is 2. The molecule has 1 amide bonds. The van der Waals surface area contributed by atoms with Crippen molar-refractivity contribution in [2.45, 2.75) is 6.92 Å². The molecule has 0 aliphatic rings. The first-order valence-electron chi connectivity index (χ1n) is 7.10. The van der Waals surface area contributed by atoms with E-state index in [-0.39, 0.29) is 5.56 Å². The number of hydrogen-bond donors (Lipinski definition) is 1. The number of nitrogens with one attached hydrogen (secondary N) is 1. The summed E-state index contributed by atoms with van der Waals surface area (Å²) < 4.78 is 3.03. The Balaban J connectivity index is 1.71. The van der Waals surface area contributed by atoms with Gasteiger partial charge in [-0.3, -0.25) is 18.7 Å². The summed E-state index contributed by atoms with van der Waals surface area (Å²) in [6, 6.07) is 1.79. The Morgan fingerprint density at radius 2 is 2.12 bits per heavy atom. The van der Waals surface area contributed by atoms with E-state index in [1.807, 2.05) is 14.0 Å². The van der Waals surface area contributed by atoms with E-state index in [2.05, 4.69) is 20.4 Å². The number of carbonyl (C=O) groups excluding carboxylic acids is 1. The predicted octanol–water partition coefficient (Wildman–Crippen LogP) is 1.60. The third kappa shape index (κ3) is 2.17.